The second-order valence-electron chi connectivity index (χ2n) is 4.04. The summed E-state index contributed by atoms with van der Waals surface area (Å²) in [5.41, 5.74) is 5.88. The molecule has 1 aliphatic rings. The van der Waals surface area contributed by atoms with Crippen molar-refractivity contribution in [2.24, 2.45) is 10.9 Å². The Kier molecular flexibility index (Phi) is 3.66. The van der Waals surface area contributed by atoms with Gasteiger partial charge in [-0.15, -0.1) is 0 Å². The minimum atomic E-state index is -0.361. The molecule has 1 fully saturated rings. The van der Waals surface area contributed by atoms with Crippen LogP contribution in [-0.2, 0) is 0 Å². The molecule has 18 heavy (non-hydrogen) atoms. The van der Waals surface area contributed by atoms with E-state index in [4.69, 9.17) is 22.5 Å². The third-order valence-electron chi connectivity index (χ3n) is 2.92. The predicted molar refractivity (Wildman–Crippen MR) is 66.7 cm³/mol. The highest BCUT2D eigenvalue weighted by Crippen LogP contribution is 2.20. The number of hydrogen-bond acceptors (Lipinski definition) is 4. The minimum absolute atomic E-state index is 0.0508. The first-order valence-corrected chi connectivity index (χ1v) is 5.91. The molecule has 1 aromatic rings. The first-order valence-electron chi connectivity index (χ1n) is 5.53. The van der Waals surface area contributed by atoms with Crippen molar-refractivity contribution < 1.29 is 10.0 Å². The summed E-state index contributed by atoms with van der Waals surface area (Å²) in [5, 5.41) is 12.1. The Hall–Kier alpha value is -1.82. The first kappa shape index (κ1) is 12.6. The van der Waals surface area contributed by atoms with E-state index in [1.165, 1.54) is 6.20 Å². The maximum atomic E-state index is 12.2. The zero-order chi connectivity index (χ0) is 13.1. The minimum Gasteiger partial charge on any atom is -0.409 e. The maximum Gasteiger partial charge on any atom is 0.273 e. The molecule has 1 saturated heterocycles. The molecule has 0 spiro atoms. The monoisotopic (exact) mass is 268 g/mol. The molecule has 1 amide bonds. The van der Waals surface area contributed by atoms with Gasteiger partial charge in [-0.05, 0) is 25.0 Å². The molecule has 0 saturated carbocycles. The van der Waals surface area contributed by atoms with Gasteiger partial charge >= 0.3 is 0 Å². The Morgan fingerprint density at radius 3 is 3.00 bits per heavy atom. The maximum absolute atomic E-state index is 12.2. The highest BCUT2D eigenvalue weighted by atomic mass is 35.5. The van der Waals surface area contributed by atoms with E-state index < -0.39 is 0 Å². The SMILES string of the molecule is NC(=NO)C1CCCN1C(=O)c1ccc(Cl)cn1. The average molecular weight is 269 g/mol. The molecular weight excluding hydrogens is 256 g/mol. The summed E-state index contributed by atoms with van der Waals surface area (Å²) in [7, 11) is 0. The lowest BCUT2D eigenvalue weighted by Gasteiger charge is -2.23. The van der Waals surface area contributed by atoms with E-state index in [2.05, 4.69) is 10.1 Å². The average Bonchev–Trinajstić information content (AvgIpc) is 2.87. The number of amidine groups is 1. The number of rotatable bonds is 2. The fourth-order valence-corrected chi connectivity index (χ4v) is 2.15. The second kappa shape index (κ2) is 5.22. The molecule has 0 aliphatic carbocycles. The summed E-state index contributed by atoms with van der Waals surface area (Å²) < 4.78 is 0. The number of carbonyl (C=O) groups is 1. The van der Waals surface area contributed by atoms with E-state index in [0.717, 1.165) is 6.42 Å². The van der Waals surface area contributed by atoms with Gasteiger partial charge in [-0.2, -0.15) is 0 Å². The number of aromatic nitrogens is 1. The second-order valence-corrected chi connectivity index (χ2v) is 4.48. The first-order chi connectivity index (χ1) is 8.63. The number of nitrogens with zero attached hydrogens (tertiary/aromatic N) is 3. The summed E-state index contributed by atoms with van der Waals surface area (Å²) in [6, 6.07) is 2.81. The van der Waals surface area contributed by atoms with Crippen molar-refractivity contribution in [1.29, 1.82) is 0 Å². The van der Waals surface area contributed by atoms with Crippen LogP contribution in [-0.4, -0.2) is 39.4 Å². The number of nitrogens with two attached hydrogens (primary N) is 1. The van der Waals surface area contributed by atoms with E-state index in [9.17, 15) is 4.79 Å². The van der Waals surface area contributed by atoms with Gasteiger partial charge in [-0.1, -0.05) is 16.8 Å². The van der Waals surface area contributed by atoms with E-state index in [1.54, 1.807) is 17.0 Å². The molecular formula is C11H13ClN4O2. The number of likely N-dealkylation sites (tertiary alicyclic amines) is 1. The van der Waals surface area contributed by atoms with Gasteiger partial charge in [0.15, 0.2) is 5.84 Å². The fraction of sp³-hybridized carbons (Fsp3) is 0.364. The van der Waals surface area contributed by atoms with Crippen LogP contribution in [0.15, 0.2) is 23.5 Å². The molecule has 96 valence electrons. The Morgan fingerprint density at radius 2 is 2.39 bits per heavy atom. The van der Waals surface area contributed by atoms with Crippen LogP contribution < -0.4 is 5.73 Å². The smallest absolute Gasteiger partial charge is 0.273 e. The Bertz CT molecular complexity index is 474. The van der Waals surface area contributed by atoms with Crippen LogP contribution in [0, 0.1) is 0 Å². The third kappa shape index (κ3) is 2.38. The number of amides is 1. The van der Waals surface area contributed by atoms with Gasteiger partial charge < -0.3 is 15.8 Å². The lowest BCUT2D eigenvalue weighted by atomic mass is 10.2. The number of carbonyl (C=O) groups excluding carboxylic acids is 1. The van der Waals surface area contributed by atoms with E-state index >= 15 is 0 Å². The van der Waals surface area contributed by atoms with Crippen molar-refractivity contribution in [3.05, 3.63) is 29.0 Å². The van der Waals surface area contributed by atoms with Crippen LogP contribution in [0.25, 0.3) is 0 Å². The van der Waals surface area contributed by atoms with Gasteiger partial charge in [0.2, 0.25) is 0 Å². The summed E-state index contributed by atoms with van der Waals surface area (Å²) in [6.07, 6.45) is 2.93. The van der Waals surface area contributed by atoms with Gasteiger partial charge in [0.05, 0.1) is 11.1 Å². The van der Waals surface area contributed by atoms with E-state index in [0.29, 0.717) is 23.7 Å². The Labute approximate surface area is 109 Å². The number of pyridine rings is 1. The molecule has 0 radical (unpaired) electrons. The molecule has 1 aliphatic heterocycles. The van der Waals surface area contributed by atoms with Crippen molar-refractivity contribution in [2.75, 3.05) is 6.54 Å². The van der Waals surface area contributed by atoms with Crippen molar-refractivity contribution in [2.45, 2.75) is 18.9 Å². The van der Waals surface area contributed by atoms with E-state index in [1.807, 2.05) is 0 Å². The van der Waals surface area contributed by atoms with Crippen molar-refractivity contribution in [1.82, 2.24) is 9.88 Å². The molecule has 1 atom stereocenters. The Balaban J connectivity index is 2.20. The topological polar surface area (TPSA) is 91.8 Å². The molecule has 2 rings (SSSR count). The number of halogens is 1. The molecule has 1 aromatic heterocycles. The van der Waals surface area contributed by atoms with Crippen LogP contribution in [0.3, 0.4) is 0 Å². The van der Waals surface area contributed by atoms with Gasteiger partial charge in [0, 0.05) is 12.7 Å². The van der Waals surface area contributed by atoms with Gasteiger partial charge in [-0.3, -0.25) is 4.79 Å². The van der Waals surface area contributed by atoms with Crippen LogP contribution in [0.4, 0.5) is 0 Å². The largest absolute Gasteiger partial charge is 0.409 e. The summed E-state index contributed by atoms with van der Waals surface area (Å²) in [6.45, 7) is 0.573. The third-order valence-corrected chi connectivity index (χ3v) is 3.14. The zero-order valence-corrected chi connectivity index (χ0v) is 10.3. The van der Waals surface area contributed by atoms with Gasteiger partial charge in [0.1, 0.15) is 5.69 Å². The number of hydrogen-bond donors (Lipinski definition) is 2. The molecule has 1 unspecified atom stereocenters. The van der Waals surface area contributed by atoms with Crippen molar-refractivity contribution >= 4 is 23.3 Å². The van der Waals surface area contributed by atoms with Crippen LogP contribution in [0.1, 0.15) is 23.3 Å². The molecule has 7 heteroatoms. The molecule has 0 aromatic carbocycles. The van der Waals surface area contributed by atoms with Crippen LogP contribution in [0.2, 0.25) is 5.02 Å². The summed E-state index contributed by atoms with van der Waals surface area (Å²) >= 11 is 5.72. The molecule has 6 nitrogen and oxygen atoms in total. The highest BCUT2D eigenvalue weighted by molar-refractivity contribution is 6.30. The molecule has 2 heterocycles. The Morgan fingerprint density at radius 1 is 1.61 bits per heavy atom. The normalized spacial score (nSPS) is 20.2. The fourth-order valence-electron chi connectivity index (χ4n) is 2.03. The standard InChI is InChI=1S/C11H13ClN4O2/c12-7-3-4-8(14-6-7)11(17)16-5-1-2-9(16)10(13)15-18/h3-4,6,9,18H,1-2,5H2,(H2,13,15). The quantitative estimate of drug-likeness (QED) is 0.363. The number of oxime groups is 1. The van der Waals surface area contributed by atoms with Crippen LogP contribution >= 0.6 is 11.6 Å². The van der Waals surface area contributed by atoms with Gasteiger partial charge in [0.25, 0.3) is 5.91 Å². The highest BCUT2D eigenvalue weighted by Gasteiger charge is 2.32. The lowest BCUT2D eigenvalue weighted by Crippen LogP contribution is -2.44. The summed E-state index contributed by atoms with van der Waals surface area (Å²) in [5.74, 6) is -0.185. The summed E-state index contributed by atoms with van der Waals surface area (Å²) in [4.78, 5) is 17.8. The van der Waals surface area contributed by atoms with E-state index in [-0.39, 0.29) is 17.8 Å². The van der Waals surface area contributed by atoms with Gasteiger partial charge in [-0.25, -0.2) is 4.98 Å². The van der Waals surface area contributed by atoms with Crippen molar-refractivity contribution in [3.63, 3.8) is 0 Å². The predicted octanol–water partition coefficient (Wildman–Crippen LogP) is 1.09. The molecule has 3 N–H and O–H groups in total. The molecule has 0 bridgehead atoms. The zero-order valence-electron chi connectivity index (χ0n) is 9.58. The lowest BCUT2D eigenvalue weighted by molar-refractivity contribution is 0.0762. The van der Waals surface area contributed by atoms with Crippen molar-refractivity contribution in [3.8, 4) is 0 Å². The van der Waals surface area contributed by atoms with Crippen LogP contribution in [0.5, 0.6) is 0 Å².